The molecule has 0 saturated heterocycles. The largest absolute Gasteiger partial charge is 0.491 e. The number of carbonyl (C=O) groups is 1. The van der Waals surface area contributed by atoms with E-state index in [1.807, 2.05) is 40.7 Å². The quantitative estimate of drug-likeness (QED) is 0.421. The third-order valence-electron chi connectivity index (χ3n) is 6.23. The maximum absolute atomic E-state index is 10.6. The molecule has 2 atom stereocenters. The fraction of sp³-hybridized carbons (Fsp3) is 0.536. The predicted molar refractivity (Wildman–Crippen MR) is 132 cm³/mol. The number of ether oxygens (including phenoxy) is 2. The zero-order chi connectivity index (χ0) is 24.6. The highest BCUT2D eigenvalue weighted by Gasteiger charge is 2.23. The normalized spacial score (nSPS) is 13.5. The molecule has 182 valence electrons. The number of hydrogen-bond acceptors (Lipinski definition) is 4. The van der Waals surface area contributed by atoms with Crippen LogP contribution in [-0.2, 0) is 22.6 Å². The number of carboxylic acid groups (broad SMARTS) is 1. The van der Waals surface area contributed by atoms with Crippen LogP contribution in [0.2, 0.25) is 0 Å². The molecule has 0 spiro atoms. The molecule has 0 aliphatic rings. The van der Waals surface area contributed by atoms with Crippen LogP contribution in [0.4, 0.5) is 0 Å². The molecule has 33 heavy (non-hydrogen) atoms. The van der Waals surface area contributed by atoms with Crippen molar-refractivity contribution < 1.29 is 24.5 Å². The lowest BCUT2D eigenvalue weighted by Gasteiger charge is -2.26. The maximum atomic E-state index is 10.6. The topological polar surface area (TPSA) is 76.0 Å². The van der Waals surface area contributed by atoms with Gasteiger partial charge in [0.25, 0.3) is 0 Å². The molecule has 2 N–H and O–H groups in total. The van der Waals surface area contributed by atoms with Gasteiger partial charge < -0.3 is 19.7 Å². The van der Waals surface area contributed by atoms with Gasteiger partial charge in [-0.15, -0.1) is 0 Å². The molecule has 2 aromatic carbocycles. The number of aryl methyl sites for hydroxylation is 3. The fourth-order valence-electron chi connectivity index (χ4n) is 3.78. The third-order valence-corrected chi connectivity index (χ3v) is 6.23. The Morgan fingerprint density at radius 2 is 1.79 bits per heavy atom. The highest BCUT2D eigenvalue weighted by atomic mass is 16.5. The monoisotopic (exact) mass is 456 g/mol. The lowest BCUT2D eigenvalue weighted by molar-refractivity contribution is -0.142. The van der Waals surface area contributed by atoms with Gasteiger partial charge in [0.2, 0.25) is 0 Å². The molecule has 2 unspecified atom stereocenters. The maximum Gasteiger partial charge on any atom is 0.329 e. The van der Waals surface area contributed by atoms with Crippen LogP contribution in [0.15, 0.2) is 36.4 Å². The summed E-state index contributed by atoms with van der Waals surface area (Å²) in [6.07, 6.45) is 2.57. The van der Waals surface area contributed by atoms with Gasteiger partial charge in [-0.3, -0.25) is 0 Å². The fourth-order valence-corrected chi connectivity index (χ4v) is 3.78. The molecule has 0 aliphatic heterocycles. The summed E-state index contributed by atoms with van der Waals surface area (Å²) in [5.74, 6) is 0.328. The van der Waals surface area contributed by atoms with Crippen LogP contribution < -0.4 is 4.74 Å². The number of rotatable bonds is 12. The Hall–Kier alpha value is -2.37. The number of aliphatic hydroxyl groups is 1. The molecule has 0 aliphatic carbocycles. The van der Waals surface area contributed by atoms with E-state index in [0.717, 1.165) is 41.7 Å². The number of aliphatic hydroxyl groups excluding tert-OH is 1. The zero-order valence-electron chi connectivity index (χ0n) is 21.0. The Morgan fingerprint density at radius 1 is 1.06 bits per heavy atom. The second-order valence-corrected chi connectivity index (χ2v) is 10.0. The van der Waals surface area contributed by atoms with Crippen molar-refractivity contribution in [2.24, 2.45) is 5.41 Å². The summed E-state index contributed by atoms with van der Waals surface area (Å²) in [5, 5.41) is 18.9. The number of hydrogen-bond donors (Lipinski definition) is 2. The third kappa shape index (κ3) is 8.49. The molecular formula is C28H40O5. The summed E-state index contributed by atoms with van der Waals surface area (Å²) in [6, 6.07) is 12.7. The van der Waals surface area contributed by atoms with E-state index in [9.17, 15) is 9.90 Å². The predicted octanol–water partition coefficient (Wildman–Crippen LogP) is 5.82. The summed E-state index contributed by atoms with van der Waals surface area (Å²) in [7, 11) is 0. The van der Waals surface area contributed by atoms with Crippen molar-refractivity contribution in [3.05, 3.63) is 64.2 Å². The van der Waals surface area contributed by atoms with Crippen molar-refractivity contribution in [2.45, 2.75) is 79.4 Å². The minimum Gasteiger partial charge on any atom is -0.491 e. The Labute approximate surface area is 198 Å². The van der Waals surface area contributed by atoms with Gasteiger partial charge >= 0.3 is 5.97 Å². The second-order valence-electron chi connectivity index (χ2n) is 10.0. The number of carboxylic acids is 1. The molecule has 0 bridgehead atoms. The van der Waals surface area contributed by atoms with Gasteiger partial charge in [0.1, 0.15) is 19.0 Å². The van der Waals surface area contributed by atoms with Crippen molar-refractivity contribution >= 4 is 5.97 Å². The average Bonchev–Trinajstić information content (AvgIpc) is 2.73. The van der Waals surface area contributed by atoms with E-state index in [0.29, 0.717) is 12.5 Å². The van der Waals surface area contributed by atoms with Crippen molar-refractivity contribution in [1.82, 2.24) is 0 Å². The molecule has 2 rings (SSSR count). The molecule has 0 saturated carbocycles. The van der Waals surface area contributed by atoms with Gasteiger partial charge in [0.15, 0.2) is 0 Å². The highest BCUT2D eigenvalue weighted by Crippen LogP contribution is 2.29. The van der Waals surface area contributed by atoms with Crippen LogP contribution in [0.25, 0.3) is 0 Å². The Morgan fingerprint density at radius 3 is 2.36 bits per heavy atom. The van der Waals surface area contributed by atoms with Crippen LogP contribution >= 0.6 is 0 Å². The first kappa shape index (κ1) is 26.9. The number of benzene rings is 2. The minimum absolute atomic E-state index is 0.203. The second kappa shape index (κ2) is 12.2. The SMILES string of the molecule is CCC(CCc1ccc(OCC(O)C(C)(C)C)c(C)c1)c1ccc(COCC(=O)O)c(C)c1. The molecule has 0 amide bonds. The summed E-state index contributed by atoms with van der Waals surface area (Å²) >= 11 is 0. The molecule has 0 heterocycles. The van der Waals surface area contributed by atoms with Crippen LogP contribution in [0.5, 0.6) is 5.75 Å². The lowest BCUT2D eigenvalue weighted by Crippen LogP contribution is -2.32. The van der Waals surface area contributed by atoms with E-state index < -0.39 is 12.1 Å². The minimum atomic E-state index is -0.951. The van der Waals surface area contributed by atoms with Crippen LogP contribution in [0.1, 0.15) is 74.3 Å². The van der Waals surface area contributed by atoms with Crippen molar-refractivity contribution in [3.63, 3.8) is 0 Å². The van der Waals surface area contributed by atoms with Gasteiger partial charge in [0, 0.05) is 0 Å². The van der Waals surface area contributed by atoms with Crippen molar-refractivity contribution in [3.8, 4) is 5.75 Å². The van der Waals surface area contributed by atoms with E-state index in [1.165, 1.54) is 11.1 Å². The first-order valence-electron chi connectivity index (χ1n) is 11.8. The summed E-state index contributed by atoms with van der Waals surface area (Å²) in [5.41, 5.74) is 5.63. The Bertz CT molecular complexity index is 913. The van der Waals surface area contributed by atoms with E-state index >= 15 is 0 Å². The van der Waals surface area contributed by atoms with Gasteiger partial charge in [-0.05, 0) is 78.3 Å². The van der Waals surface area contributed by atoms with E-state index in [4.69, 9.17) is 14.6 Å². The standard InChI is InChI=1S/C28H40O5/c1-7-22(23-11-12-24(19(2)15-23)16-32-18-27(30)31)10-8-21-9-13-25(20(3)14-21)33-17-26(29)28(4,5)6/h9,11-15,22,26,29H,7-8,10,16-18H2,1-6H3,(H,30,31). The molecule has 0 radical (unpaired) electrons. The van der Waals surface area contributed by atoms with E-state index in [-0.39, 0.29) is 18.6 Å². The molecular weight excluding hydrogens is 416 g/mol. The molecule has 0 aromatic heterocycles. The van der Waals surface area contributed by atoms with Gasteiger partial charge in [-0.2, -0.15) is 0 Å². The van der Waals surface area contributed by atoms with Gasteiger partial charge in [0.05, 0.1) is 12.7 Å². The summed E-state index contributed by atoms with van der Waals surface area (Å²) < 4.78 is 11.1. The smallest absolute Gasteiger partial charge is 0.329 e. The Kier molecular flexibility index (Phi) is 9.93. The lowest BCUT2D eigenvalue weighted by atomic mass is 9.88. The van der Waals surface area contributed by atoms with Crippen LogP contribution in [-0.4, -0.2) is 35.5 Å². The van der Waals surface area contributed by atoms with E-state index in [1.54, 1.807) is 0 Å². The van der Waals surface area contributed by atoms with Crippen LogP contribution in [0.3, 0.4) is 0 Å². The zero-order valence-corrected chi connectivity index (χ0v) is 21.0. The first-order chi connectivity index (χ1) is 15.5. The molecule has 5 heteroatoms. The van der Waals surface area contributed by atoms with Crippen molar-refractivity contribution in [1.29, 1.82) is 0 Å². The number of aliphatic carboxylic acids is 1. The van der Waals surface area contributed by atoms with Gasteiger partial charge in [-0.1, -0.05) is 58.0 Å². The molecule has 0 fully saturated rings. The van der Waals surface area contributed by atoms with Crippen LogP contribution in [0, 0.1) is 19.3 Å². The summed E-state index contributed by atoms with van der Waals surface area (Å²) in [6.45, 7) is 12.7. The summed E-state index contributed by atoms with van der Waals surface area (Å²) in [4.78, 5) is 10.6. The highest BCUT2D eigenvalue weighted by molar-refractivity contribution is 5.68. The van der Waals surface area contributed by atoms with E-state index in [2.05, 4.69) is 37.3 Å². The average molecular weight is 457 g/mol. The first-order valence-corrected chi connectivity index (χ1v) is 11.8. The van der Waals surface area contributed by atoms with Crippen molar-refractivity contribution in [2.75, 3.05) is 13.2 Å². The Balaban J connectivity index is 1.96. The molecule has 2 aromatic rings. The van der Waals surface area contributed by atoms with Gasteiger partial charge in [-0.25, -0.2) is 4.79 Å². The molecule has 5 nitrogen and oxygen atoms in total.